The van der Waals surface area contributed by atoms with E-state index in [1.54, 1.807) is 24.3 Å². The van der Waals surface area contributed by atoms with Gasteiger partial charge in [-0.3, -0.25) is 4.79 Å². The first-order valence-corrected chi connectivity index (χ1v) is 8.65. The van der Waals surface area contributed by atoms with Crippen LogP contribution in [-0.4, -0.2) is 16.0 Å². The number of hydrogen-bond donors (Lipinski definition) is 2. The van der Waals surface area contributed by atoms with Crippen LogP contribution in [0.1, 0.15) is 9.67 Å². The lowest BCUT2D eigenvalue weighted by atomic mass is 10.2. The molecule has 0 saturated heterocycles. The summed E-state index contributed by atoms with van der Waals surface area (Å²) < 4.78 is 26.3. The topological polar surface area (TPSA) is 77.8 Å². The molecule has 2 aromatic heterocycles. The Morgan fingerprint density at radius 2 is 1.74 bits per heavy atom. The molecule has 2 heterocycles. The van der Waals surface area contributed by atoms with E-state index in [0.717, 1.165) is 10.4 Å². The van der Waals surface area contributed by atoms with Crippen molar-refractivity contribution in [1.82, 2.24) is 4.98 Å². The number of aromatic amines is 1. The number of benzene rings is 2. The van der Waals surface area contributed by atoms with Crippen molar-refractivity contribution in [2.24, 2.45) is 10.2 Å². The molecule has 5 nitrogen and oxygen atoms in total. The number of nitrogens with one attached hydrogen (secondary N) is 1. The Labute approximate surface area is 155 Å². The third kappa shape index (κ3) is 3.34. The average Bonchev–Trinajstić information content (AvgIpc) is 3.24. The number of carbonyl (C=O) groups is 1. The molecule has 0 unspecified atom stereocenters. The lowest BCUT2D eigenvalue weighted by molar-refractivity contribution is 0.0999. The Kier molecular flexibility index (Phi) is 4.25. The van der Waals surface area contributed by atoms with E-state index in [-0.39, 0.29) is 17.4 Å². The van der Waals surface area contributed by atoms with Crippen LogP contribution in [0.2, 0.25) is 0 Å². The highest BCUT2D eigenvalue weighted by Gasteiger charge is 2.13. The predicted molar refractivity (Wildman–Crippen MR) is 98.5 cm³/mol. The van der Waals surface area contributed by atoms with E-state index in [9.17, 15) is 18.7 Å². The average molecular weight is 383 g/mol. The van der Waals surface area contributed by atoms with Gasteiger partial charge in [0.2, 0.25) is 5.88 Å². The van der Waals surface area contributed by atoms with Gasteiger partial charge >= 0.3 is 5.91 Å². The van der Waals surface area contributed by atoms with E-state index in [4.69, 9.17) is 0 Å². The maximum Gasteiger partial charge on any atom is 0.305 e. The summed E-state index contributed by atoms with van der Waals surface area (Å²) in [7, 11) is 0. The molecule has 0 bridgehead atoms. The third-order valence-corrected chi connectivity index (χ3v) is 5.02. The summed E-state index contributed by atoms with van der Waals surface area (Å²) >= 11 is 1.20. The van der Waals surface area contributed by atoms with Gasteiger partial charge in [0.05, 0.1) is 10.4 Å². The summed E-state index contributed by atoms with van der Waals surface area (Å²) in [6.07, 6.45) is 0. The number of nitrogens with zero attached hydrogens (tertiary/aromatic N) is 2. The molecular weight excluding hydrogens is 372 g/mol. The fourth-order valence-corrected chi connectivity index (χ4v) is 3.50. The van der Waals surface area contributed by atoms with Gasteiger partial charge in [0.1, 0.15) is 11.6 Å². The third-order valence-electron chi connectivity index (χ3n) is 3.90. The van der Waals surface area contributed by atoms with Crippen LogP contribution >= 0.6 is 11.3 Å². The molecule has 0 spiro atoms. The van der Waals surface area contributed by atoms with Gasteiger partial charge < -0.3 is 10.1 Å². The number of carbonyl (C=O) groups excluding carboxylic acids is 1. The van der Waals surface area contributed by atoms with Crippen molar-refractivity contribution < 1.29 is 18.7 Å². The van der Waals surface area contributed by atoms with Gasteiger partial charge in [0.15, 0.2) is 5.69 Å². The quantitative estimate of drug-likeness (QED) is 0.438. The molecular formula is C19H11F2N3O2S. The SMILES string of the molecule is O=C(N=Nc1c(O)[nH]c2cc(F)ccc12)c1ccc(-c2ccc(F)cc2)s1. The van der Waals surface area contributed by atoms with Gasteiger partial charge in [0.25, 0.3) is 0 Å². The monoisotopic (exact) mass is 383 g/mol. The van der Waals surface area contributed by atoms with Crippen LogP contribution in [0, 0.1) is 11.6 Å². The number of amides is 1. The van der Waals surface area contributed by atoms with E-state index < -0.39 is 11.7 Å². The zero-order valence-corrected chi connectivity index (χ0v) is 14.4. The van der Waals surface area contributed by atoms with Crippen molar-refractivity contribution >= 4 is 33.8 Å². The molecule has 0 radical (unpaired) electrons. The lowest BCUT2D eigenvalue weighted by Crippen LogP contribution is -1.87. The van der Waals surface area contributed by atoms with Gasteiger partial charge in [-0.15, -0.1) is 21.6 Å². The smallest absolute Gasteiger partial charge is 0.305 e. The highest BCUT2D eigenvalue weighted by Crippen LogP contribution is 2.36. The number of aromatic hydroxyl groups is 1. The molecule has 27 heavy (non-hydrogen) atoms. The maximum atomic E-state index is 13.2. The van der Waals surface area contributed by atoms with Crippen molar-refractivity contribution in [1.29, 1.82) is 0 Å². The van der Waals surface area contributed by atoms with E-state index in [1.165, 1.54) is 41.7 Å². The fourth-order valence-electron chi connectivity index (χ4n) is 2.61. The molecule has 134 valence electrons. The molecule has 0 atom stereocenters. The number of hydrogen-bond acceptors (Lipinski definition) is 4. The molecule has 2 N–H and O–H groups in total. The maximum absolute atomic E-state index is 13.2. The Morgan fingerprint density at radius 3 is 2.52 bits per heavy atom. The van der Waals surface area contributed by atoms with Gasteiger partial charge in [-0.05, 0) is 48.0 Å². The summed E-state index contributed by atoms with van der Waals surface area (Å²) in [5.41, 5.74) is 1.20. The molecule has 0 fully saturated rings. The zero-order chi connectivity index (χ0) is 19.0. The van der Waals surface area contributed by atoms with Crippen LogP contribution in [0.25, 0.3) is 21.3 Å². The van der Waals surface area contributed by atoms with Crippen LogP contribution in [0.5, 0.6) is 5.88 Å². The summed E-state index contributed by atoms with van der Waals surface area (Å²) in [5, 5.41) is 17.8. The van der Waals surface area contributed by atoms with E-state index >= 15 is 0 Å². The fraction of sp³-hybridized carbons (Fsp3) is 0. The first kappa shape index (κ1) is 17.0. The molecule has 4 aromatic rings. The first-order valence-electron chi connectivity index (χ1n) is 7.83. The zero-order valence-electron chi connectivity index (χ0n) is 13.6. The molecule has 4 rings (SSSR count). The number of rotatable bonds is 3. The highest BCUT2D eigenvalue weighted by molar-refractivity contribution is 7.17. The molecule has 0 aliphatic heterocycles. The summed E-state index contributed by atoms with van der Waals surface area (Å²) in [6, 6.07) is 13.2. The normalized spacial score (nSPS) is 11.5. The van der Waals surface area contributed by atoms with Gasteiger partial charge in [-0.1, -0.05) is 12.1 Å². The molecule has 8 heteroatoms. The summed E-state index contributed by atoms with van der Waals surface area (Å²) in [4.78, 5) is 16.0. The number of aromatic nitrogens is 1. The van der Waals surface area contributed by atoms with Crippen LogP contribution in [0.3, 0.4) is 0 Å². The van der Waals surface area contributed by atoms with E-state index in [1.807, 2.05) is 0 Å². The second kappa shape index (κ2) is 6.73. The van der Waals surface area contributed by atoms with E-state index in [2.05, 4.69) is 15.2 Å². The molecule has 0 saturated carbocycles. The second-order valence-corrected chi connectivity index (χ2v) is 6.77. The van der Waals surface area contributed by atoms with Crippen molar-refractivity contribution in [3.8, 4) is 16.3 Å². The first-order chi connectivity index (χ1) is 13.0. The Balaban J connectivity index is 1.59. The Hall–Kier alpha value is -3.39. The Bertz CT molecular complexity index is 1180. The van der Waals surface area contributed by atoms with Crippen molar-refractivity contribution in [3.63, 3.8) is 0 Å². The summed E-state index contributed by atoms with van der Waals surface area (Å²) in [5.74, 6) is -1.68. The van der Waals surface area contributed by atoms with Crippen molar-refractivity contribution in [3.05, 3.63) is 71.1 Å². The van der Waals surface area contributed by atoms with Gasteiger partial charge in [-0.2, -0.15) is 0 Å². The van der Waals surface area contributed by atoms with Crippen LogP contribution in [0.4, 0.5) is 14.5 Å². The lowest BCUT2D eigenvalue weighted by Gasteiger charge is -1.96. The Morgan fingerprint density at radius 1 is 1.00 bits per heavy atom. The van der Waals surface area contributed by atoms with Crippen LogP contribution < -0.4 is 0 Å². The molecule has 1 amide bonds. The van der Waals surface area contributed by atoms with Crippen molar-refractivity contribution in [2.75, 3.05) is 0 Å². The minimum Gasteiger partial charge on any atom is -0.493 e. The predicted octanol–water partition coefficient (Wildman–Crippen LogP) is 5.80. The molecule has 2 aromatic carbocycles. The second-order valence-electron chi connectivity index (χ2n) is 5.69. The van der Waals surface area contributed by atoms with Gasteiger partial charge in [0, 0.05) is 10.3 Å². The van der Waals surface area contributed by atoms with E-state index in [0.29, 0.717) is 15.8 Å². The largest absolute Gasteiger partial charge is 0.493 e. The molecule has 0 aliphatic rings. The number of azo groups is 1. The minimum absolute atomic E-state index is 0.0636. The molecule has 0 aliphatic carbocycles. The number of H-pyrrole nitrogens is 1. The number of fused-ring (bicyclic) bond motifs is 1. The van der Waals surface area contributed by atoms with Crippen LogP contribution in [-0.2, 0) is 0 Å². The van der Waals surface area contributed by atoms with Crippen LogP contribution in [0.15, 0.2) is 64.8 Å². The number of halogens is 2. The minimum atomic E-state index is -0.579. The number of thiophene rings is 1. The van der Waals surface area contributed by atoms with Crippen molar-refractivity contribution in [2.45, 2.75) is 0 Å². The van der Waals surface area contributed by atoms with Gasteiger partial charge in [-0.25, -0.2) is 8.78 Å². The highest BCUT2D eigenvalue weighted by atomic mass is 32.1. The summed E-state index contributed by atoms with van der Waals surface area (Å²) in [6.45, 7) is 0. The standard InChI is InChI=1S/C19H11F2N3O2S/c20-11-3-1-10(2-4-11)15-7-8-16(27-15)18(25)24-23-17-13-6-5-12(21)9-14(13)22-19(17)26/h1-9,22,26H.